The Hall–Kier alpha value is -0.750. The van der Waals surface area contributed by atoms with Gasteiger partial charge in [0.05, 0.1) is 18.1 Å². The highest BCUT2D eigenvalue weighted by atomic mass is 32.3. The fraction of sp³-hybridized carbons (Fsp3) is 0.905. The Labute approximate surface area is 167 Å². The van der Waals surface area contributed by atoms with Crippen molar-refractivity contribution in [3.05, 3.63) is 0 Å². The third-order valence-corrected chi connectivity index (χ3v) is 9.25. The molecule has 160 valence electrons. The third-order valence-electron chi connectivity index (χ3n) is 5.21. The van der Waals surface area contributed by atoms with E-state index < -0.39 is 21.7 Å². The molecule has 0 N–H and O–H groups in total. The van der Waals surface area contributed by atoms with Gasteiger partial charge in [0.2, 0.25) is 5.91 Å². The van der Waals surface area contributed by atoms with Crippen molar-refractivity contribution in [3.63, 3.8) is 0 Å². The number of hydrogen-bond donors (Lipinski definition) is 0. The molecular formula is C21H41NO4S. The SMILES string of the molecule is CC(C)C[C@@H]1[C@@H](OCS(C)(C)C(C)(C)C)CCC(=O)N1C(=O)OC(C)(C)C. The summed E-state index contributed by atoms with van der Waals surface area (Å²) < 4.78 is 12.1. The van der Waals surface area contributed by atoms with Gasteiger partial charge in [0.25, 0.3) is 0 Å². The van der Waals surface area contributed by atoms with Crippen molar-refractivity contribution in [2.75, 3.05) is 18.5 Å². The molecule has 1 rings (SSSR count). The van der Waals surface area contributed by atoms with Crippen LogP contribution in [0.2, 0.25) is 0 Å². The summed E-state index contributed by atoms with van der Waals surface area (Å²) in [5.74, 6) is 0.864. The van der Waals surface area contributed by atoms with Gasteiger partial charge in [-0.3, -0.25) is 4.79 Å². The average molecular weight is 404 g/mol. The number of piperidine rings is 1. The van der Waals surface area contributed by atoms with Crippen LogP contribution in [-0.2, 0) is 14.3 Å². The number of hydrogen-bond acceptors (Lipinski definition) is 4. The quantitative estimate of drug-likeness (QED) is 0.636. The summed E-state index contributed by atoms with van der Waals surface area (Å²) in [6.45, 7) is 16.4. The molecule has 0 aromatic rings. The van der Waals surface area contributed by atoms with Crippen LogP contribution in [0, 0.1) is 5.92 Å². The van der Waals surface area contributed by atoms with Gasteiger partial charge in [0.15, 0.2) is 0 Å². The number of carbonyl (C=O) groups is 2. The number of ether oxygens (including phenoxy) is 2. The first-order valence-electron chi connectivity index (χ1n) is 9.92. The number of amides is 2. The van der Waals surface area contributed by atoms with Gasteiger partial charge in [-0.15, -0.1) is 0 Å². The monoisotopic (exact) mass is 403 g/mol. The lowest BCUT2D eigenvalue weighted by atomic mass is 9.91. The Morgan fingerprint density at radius 3 is 2.19 bits per heavy atom. The summed E-state index contributed by atoms with van der Waals surface area (Å²) >= 11 is 0. The second-order valence-electron chi connectivity index (χ2n) is 10.5. The molecule has 6 heteroatoms. The highest BCUT2D eigenvalue weighted by Crippen LogP contribution is 2.53. The molecule has 0 saturated carbocycles. The van der Waals surface area contributed by atoms with Gasteiger partial charge in [-0.25, -0.2) is 19.7 Å². The van der Waals surface area contributed by atoms with E-state index in [9.17, 15) is 9.59 Å². The average Bonchev–Trinajstić information content (AvgIpc) is 2.42. The Kier molecular flexibility index (Phi) is 7.85. The normalized spacial score (nSPS) is 22.9. The van der Waals surface area contributed by atoms with Crippen LogP contribution in [0.25, 0.3) is 0 Å². The summed E-state index contributed by atoms with van der Waals surface area (Å²) in [5, 5.41) is 0. The minimum Gasteiger partial charge on any atom is -0.443 e. The van der Waals surface area contributed by atoms with Crippen LogP contribution >= 0.6 is 10.0 Å². The lowest BCUT2D eigenvalue weighted by Crippen LogP contribution is -2.56. The number of carbonyl (C=O) groups excluding carboxylic acids is 2. The Bertz CT molecular complexity index is 531. The van der Waals surface area contributed by atoms with Gasteiger partial charge >= 0.3 is 6.09 Å². The van der Waals surface area contributed by atoms with E-state index in [-0.39, 0.29) is 22.8 Å². The van der Waals surface area contributed by atoms with Gasteiger partial charge in [-0.05, 0) is 56.8 Å². The van der Waals surface area contributed by atoms with E-state index in [1.54, 1.807) is 0 Å². The summed E-state index contributed by atoms with van der Waals surface area (Å²) in [4.78, 5) is 26.7. The molecule has 1 saturated heterocycles. The maximum atomic E-state index is 12.8. The molecule has 0 spiro atoms. The van der Waals surface area contributed by atoms with Crippen LogP contribution in [0.3, 0.4) is 0 Å². The fourth-order valence-corrected chi connectivity index (χ4v) is 3.72. The zero-order valence-electron chi connectivity index (χ0n) is 19.0. The van der Waals surface area contributed by atoms with E-state index in [1.165, 1.54) is 4.90 Å². The molecule has 1 heterocycles. The number of imide groups is 1. The molecule has 5 nitrogen and oxygen atoms in total. The van der Waals surface area contributed by atoms with Crippen molar-refractivity contribution < 1.29 is 19.1 Å². The predicted octanol–water partition coefficient (Wildman–Crippen LogP) is 5.16. The molecule has 0 radical (unpaired) electrons. The molecule has 1 aliphatic rings. The van der Waals surface area contributed by atoms with Crippen LogP contribution in [0.15, 0.2) is 0 Å². The first kappa shape index (κ1) is 24.3. The van der Waals surface area contributed by atoms with E-state index in [0.717, 1.165) is 6.42 Å². The molecule has 0 unspecified atom stereocenters. The Morgan fingerprint density at radius 1 is 1.19 bits per heavy atom. The van der Waals surface area contributed by atoms with E-state index in [0.29, 0.717) is 24.7 Å². The smallest absolute Gasteiger partial charge is 0.417 e. The Morgan fingerprint density at radius 2 is 1.74 bits per heavy atom. The summed E-state index contributed by atoms with van der Waals surface area (Å²) in [6.07, 6.45) is 5.59. The summed E-state index contributed by atoms with van der Waals surface area (Å²) in [6, 6.07) is -0.267. The lowest BCUT2D eigenvalue weighted by Gasteiger charge is -2.47. The fourth-order valence-electron chi connectivity index (χ4n) is 2.85. The zero-order valence-corrected chi connectivity index (χ0v) is 19.9. The van der Waals surface area contributed by atoms with Gasteiger partial charge in [0.1, 0.15) is 5.60 Å². The van der Waals surface area contributed by atoms with Crippen LogP contribution in [-0.4, -0.2) is 57.8 Å². The molecule has 1 fully saturated rings. The first-order valence-corrected chi connectivity index (χ1v) is 12.5. The summed E-state index contributed by atoms with van der Waals surface area (Å²) in [5.41, 5.74) is -0.633. The maximum Gasteiger partial charge on any atom is 0.417 e. The van der Waals surface area contributed by atoms with Crippen molar-refractivity contribution in [2.24, 2.45) is 5.92 Å². The molecule has 1 aliphatic heterocycles. The van der Waals surface area contributed by atoms with E-state index in [1.807, 2.05) is 20.8 Å². The molecular weight excluding hydrogens is 362 g/mol. The third kappa shape index (κ3) is 6.97. The number of nitrogens with zero attached hydrogens (tertiary/aromatic N) is 1. The van der Waals surface area contributed by atoms with Crippen molar-refractivity contribution in [1.29, 1.82) is 0 Å². The summed E-state index contributed by atoms with van der Waals surface area (Å²) in [7, 11) is -0.971. The molecule has 27 heavy (non-hydrogen) atoms. The highest BCUT2D eigenvalue weighted by molar-refractivity contribution is 8.33. The molecule has 2 amide bonds. The second-order valence-corrected chi connectivity index (χ2v) is 15.0. The molecule has 0 bridgehead atoms. The minimum atomic E-state index is -0.971. The largest absolute Gasteiger partial charge is 0.443 e. The second kappa shape index (κ2) is 8.73. The Balaban J connectivity index is 3.03. The van der Waals surface area contributed by atoms with Crippen LogP contribution in [0.4, 0.5) is 4.79 Å². The zero-order chi connectivity index (χ0) is 21.2. The lowest BCUT2D eigenvalue weighted by molar-refractivity contribution is -0.142. The van der Waals surface area contributed by atoms with Gasteiger partial charge in [0, 0.05) is 6.42 Å². The maximum absolute atomic E-state index is 12.8. The molecule has 0 aromatic carbocycles. The molecule has 2 atom stereocenters. The van der Waals surface area contributed by atoms with Crippen LogP contribution in [0.1, 0.15) is 74.7 Å². The molecule has 0 aromatic heterocycles. The van der Waals surface area contributed by atoms with Crippen molar-refractivity contribution in [2.45, 2.75) is 97.1 Å². The van der Waals surface area contributed by atoms with Crippen LogP contribution < -0.4 is 0 Å². The van der Waals surface area contributed by atoms with E-state index >= 15 is 0 Å². The van der Waals surface area contributed by atoms with Gasteiger partial charge in [-0.1, -0.05) is 34.6 Å². The van der Waals surface area contributed by atoms with Gasteiger partial charge in [-0.2, -0.15) is 0 Å². The standard InChI is InChI=1S/C21H41NO4S/c1-15(2)13-16-17(25-14-27(9,10)21(6,7)8)11-12-18(23)22(16)19(24)26-20(3,4)5/h15-17H,11-14H2,1-10H3/t16-,17+/m1/s1. The van der Waals surface area contributed by atoms with Crippen LogP contribution in [0.5, 0.6) is 0 Å². The van der Waals surface area contributed by atoms with E-state index in [2.05, 4.69) is 47.1 Å². The first-order chi connectivity index (χ1) is 12.0. The van der Waals surface area contributed by atoms with Crippen molar-refractivity contribution in [1.82, 2.24) is 4.90 Å². The predicted molar refractivity (Wildman–Crippen MR) is 114 cm³/mol. The topological polar surface area (TPSA) is 55.8 Å². The highest BCUT2D eigenvalue weighted by Gasteiger charge is 2.43. The van der Waals surface area contributed by atoms with Crippen molar-refractivity contribution in [3.8, 4) is 0 Å². The van der Waals surface area contributed by atoms with Gasteiger partial charge < -0.3 is 9.47 Å². The molecule has 0 aliphatic carbocycles. The van der Waals surface area contributed by atoms with E-state index in [4.69, 9.17) is 9.47 Å². The minimum absolute atomic E-state index is 0.133. The number of likely N-dealkylation sites (tertiary alicyclic amines) is 1. The van der Waals surface area contributed by atoms with Crippen molar-refractivity contribution >= 4 is 22.0 Å². The number of rotatable bonds is 5.